The van der Waals surface area contributed by atoms with Gasteiger partial charge in [-0.15, -0.1) is 6.42 Å². The van der Waals surface area contributed by atoms with E-state index in [9.17, 15) is 5.11 Å². The van der Waals surface area contributed by atoms with Gasteiger partial charge < -0.3 is 9.84 Å². The second kappa shape index (κ2) is 2.81. The van der Waals surface area contributed by atoms with Crippen LogP contribution in [0.1, 0.15) is 6.42 Å². The lowest BCUT2D eigenvalue weighted by Crippen LogP contribution is -2.25. The average Bonchev–Trinajstić information content (AvgIpc) is 2.05. The lowest BCUT2D eigenvalue weighted by molar-refractivity contribution is 0.125. The van der Waals surface area contributed by atoms with Crippen molar-refractivity contribution in [3.63, 3.8) is 0 Å². The minimum Gasteiger partial charge on any atom is -0.501 e. The van der Waals surface area contributed by atoms with Crippen LogP contribution in [0.2, 0.25) is 0 Å². The van der Waals surface area contributed by atoms with E-state index >= 15 is 0 Å². The van der Waals surface area contributed by atoms with Gasteiger partial charge in [0, 0.05) is 6.42 Å². The number of methoxy groups -OCH3 is 1. The van der Waals surface area contributed by atoms with Gasteiger partial charge in [-0.3, -0.25) is 0 Å². The van der Waals surface area contributed by atoms with Crippen LogP contribution in [-0.2, 0) is 4.74 Å². The number of terminal acetylenes is 1. The van der Waals surface area contributed by atoms with Crippen molar-refractivity contribution >= 4 is 0 Å². The first-order valence-electron chi connectivity index (χ1n) is 3.33. The van der Waals surface area contributed by atoms with Gasteiger partial charge in [-0.1, -0.05) is 12.0 Å². The molecule has 0 spiro atoms. The fourth-order valence-electron chi connectivity index (χ4n) is 0.937. The van der Waals surface area contributed by atoms with E-state index in [4.69, 9.17) is 11.2 Å². The van der Waals surface area contributed by atoms with Crippen molar-refractivity contribution in [1.82, 2.24) is 0 Å². The Labute approximate surface area is 66.2 Å². The summed E-state index contributed by atoms with van der Waals surface area (Å²) in [6, 6.07) is 0. The summed E-state index contributed by atoms with van der Waals surface area (Å²) in [5.74, 6) is 2.99. The molecular weight excluding hydrogens is 140 g/mol. The summed E-state index contributed by atoms with van der Waals surface area (Å²) >= 11 is 0. The van der Waals surface area contributed by atoms with E-state index in [0.717, 1.165) is 0 Å². The molecule has 0 bridgehead atoms. The molecule has 0 aliphatic heterocycles. The number of allylic oxidation sites excluding steroid dienone is 2. The Morgan fingerprint density at radius 1 is 1.82 bits per heavy atom. The van der Waals surface area contributed by atoms with Crippen molar-refractivity contribution in [2.24, 2.45) is 0 Å². The van der Waals surface area contributed by atoms with Gasteiger partial charge in [0.05, 0.1) is 12.9 Å². The first-order valence-corrected chi connectivity index (χ1v) is 3.33. The number of rotatable bonds is 1. The molecule has 1 aliphatic carbocycles. The van der Waals surface area contributed by atoms with E-state index in [0.29, 0.717) is 12.2 Å². The van der Waals surface area contributed by atoms with Gasteiger partial charge in [-0.2, -0.15) is 0 Å². The Hall–Kier alpha value is -1.20. The van der Waals surface area contributed by atoms with Gasteiger partial charge in [0.25, 0.3) is 0 Å². The summed E-state index contributed by atoms with van der Waals surface area (Å²) in [4.78, 5) is 0. The molecule has 1 N–H and O–H groups in total. The van der Waals surface area contributed by atoms with E-state index in [1.54, 1.807) is 25.3 Å². The molecule has 0 saturated heterocycles. The van der Waals surface area contributed by atoms with Gasteiger partial charge >= 0.3 is 0 Å². The van der Waals surface area contributed by atoms with Crippen LogP contribution in [0.3, 0.4) is 0 Å². The Morgan fingerprint density at radius 3 is 3.09 bits per heavy atom. The van der Waals surface area contributed by atoms with E-state index in [1.807, 2.05) is 0 Å². The highest BCUT2D eigenvalue weighted by molar-refractivity contribution is 5.30. The van der Waals surface area contributed by atoms with Crippen molar-refractivity contribution in [2.45, 2.75) is 12.0 Å². The number of hydrogen-bond acceptors (Lipinski definition) is 2. The van der Waals surface area contributed by atoms with Crippen molar-refractivity contribution in [3.05, 3.63) is 24.0 Å². The van der Waals surface area contributed by atoms with Crippen molar-refractivity contribution < 1.29 is 9.84 Å². The maximum absolute atomic E-state index is 9.54. The van der Waals surface area contributed by atoms with Crippen molar-refractivity contribution in [2.75, 3.05) is 7.11 Å². The van der Waals surface area contributed by atoms with E-state index < -0.39 is 5.60 Å². The second-order valence-electron chi connectivity index (χ2n) is 2.44. The normalized spacial score (nSPS) is 29.0. The number of ether oxygens (including phenoxy) is 1. The average molecular weight is 150 g/mol. The third-order valence-corrected chi connectivity index (χ3v) is 1.61. The zero-order chi connectivity index (χ0) is 8.32. The summed E-state index contributed by atoms with van der Waals surface area (Å²) in [7, 11) is 1.56. The molecule has 1 rings (SSSR count). The standard InChI is InChI=1S/C9H10O2/c1-3-9(10)6-4-5-8(7-9)11-2/h1,4-6,10H,7H2,2H3. The summed E-state index contributed by atoms with van der Waals surface area (Å²) in [5.41, 5.74) is -1.15. The van der Waals surface area contributed by atoms with Crippen LogP contribution < -0.4 is 0 Å². The minimum atomic E-state index is -1.15. The van der Waals surface area contributed by atoms with Crippen LogP contribution in [0.4, 0.5) is 0 Å². The Morgan fingerprint density at radius 2 is 2.55 bits per heavy atom. The van der Waals surface area contributed by atoms with E-state index in [2.05, 4.69) is 5.92 Å². The molecule has 1 atom stereocenters. The molecule has 0 amide bonds. The largest absolute Gasteiger partial charge is 0.501 e. The quantitative estimate of drug-likeness (QED) is 0.561. The summed E-state index contributed by atoms with van der Waals surface area (Å²) in [6.07, 6.45) is 10.5. The molecule has 0 saturated carbocycles. The Balaban J connectivity index is 2.78. The van der Waals surface area contributed by atoms with Gasteiger partial charge in [0.1, 0.15) is 0 Å². The smallest absolute Gasteiger partial charge is 0.151 e. The lowest BCUT2D eigenvalue weighted by Gasteiger charge is -2.21. The Kier molecular flexibility index (Phi) is 2.02. The molecule has 0 heterocycles. The van der Waals surface area contributed by atoms with Gasteiger partial charge in [0.15, 0.2) is 5.60 Å². The predicted molar refractivity (Wildman–Crippen MR) is 42.6 cm³/mol. The Bertz CT molecular complexity index is 245. The molecule has 1 unspecified atom stereocenters. The van der Waals surface area contributed by atoms with Crippen LogP contribution in [0, 0.1) is 12.3 Å². The van der Waals surface area contributed by atoms with Crippen LogP contribution in [-0.4, -0.2) is 17.8 Å². The molecule has 0 radical (unpaired) electrons. The highest BCUT2D eigenvalue weighted by atomic mass is 16.5. The highest BCUT2D eigenvalue weighted by Gasteiger charge is 2.24. The third-order valence-electron chi connectivity index (χ3n) is 1.61. The number of hydrogen-bond donors (Lipinski definition) is 1. The maximum atomic E-state index is 9.54. The zero-order valence-electron chi connectivity index (χ0n) is 6.37. The molecule has 0 aromatic rings. The fourth-order valence-corrected chi connectivity index (χ4v) is 0.937. The van der Waals surface area contributed by atoms with Crippen LogP contribution in [0.25, 0.3) is 0 Å². The van der Waals surface area contributed by atoms with Crippen LogP contribution in [0.5, 0.6) is 0 Å². The molecular formula is C9H10O2. The summed E-state index contributed by atoms with van der Waals surface area (Å²) in [5, 5.41) is 9.54. The molecule has 58 valence electrons. The molecule has 2 nitrogen and oxygen atoms in total. The zero-order valence-corrected chi connectivity index (χ0v) is 6.37. The van der Waals surface area contributed by atoms with Crippen LogP contribution >= 0.6 is 0 Å². The van der Waals surface area contributed by atoms with Crippen molar-refractivity contribution in [1.29, 1.82) is 0 Å². The molecule has 0 aromatic carbocycles. The monoisotopic (exact) mass is 150 g/mol. The SMILES string of the molecule is C#CC1(O)C=CC=C(OC)C1. The van der Waals surface area contributed by atoms with Gasteiger partial charge in [-0.25, -0.2) is 0 Å². The topological polar surface area (TPSA) is 29.5 Å². The second-order valence-corrected chi connectivity index (χ2v) is 2.44. The first-order chi connectivity index (χ1) is 5.20. The van der Waals surface area contributed by atoms with Gasteiger partial charge in [-0.05, 0) is 12.2 Å². The van der Waals surface area contributed by atoms with Gasteiger partial charge in [0.2, 0.25) is 0 Å². The minimum absolute atomic E-state index is 0.358. The molecule has 11 heavy (non-hydrogen) atoms. The fraction of sp³-hybridized carbons (Fsp3) is 0.333. The number of aliphatic hydroxyl groups is 1. The molecule has 2 heteroatoms. The highest BCUT2D eigenvalue weighted by Crippen LogP contribution is 2.22. The molecule has 0 aromatic heterocycles. The molecule has 1 aliphatic rings. The van der Waals surface area contributed by atoms with Crippen molar-refractivity contribution in [3.8, 4) is 12.3 Å². The van der Waals surface area contributed by atoms with E-state index in [1.165, 1.54) is 0 Å². The van der Waals surface area contributed by atoms with Crippen LogP contribution in [0.15, 0.2) is 24.0 Å². The molecule has 0 fully saturated rings. The third kappa shape index (κ3) is 1.63. The summed E-state index contributed by atoms with van der Waals surface area (Å²) in [6.45, 7) is 0. The lowest BCUT2D eigenvalue weighted by atomic mass is 9.95. The van der Waals surface area contributed by atoms with E-state index in [-0.39, 0.29) is 0 Å². The first kappa shape index (κ1) is 7.90. The summed E-state index contributed by atoms with van der Waals surface area (Å²) < 4.78 is 4.94. The maximum Gasteiger partial charge on any atom is 0.151 e. The predicted octanol–water partition coefficient (Wildman–Crippen LogP) is 0.841.